The first-order valence-electron chi connectivity index (χ1n) is 8.15. The lowest BCUT2D eigenvalue weighted by molar-refractivity contribution is -0.383. The van der Waals surface area contributed by atoms with Crippen LogP contribution in [-0.2, 0) is 4.79 Å². The van der Waals surface area contributed by atoms with Gasteiger partial charge in [-0.25, -0.2) is 4.79 Å². The first-order chi connectivity index (χ1) is 12.5. The predicted molar refractivity (Wildman–Crippen MR) is 99.1 cm³/mol. The average molecular weight is 356 g/mol. The third-order valence-electron chi connectivity index (χ3n) is 3.52. The highest BCUT2D eigenvalue weighted by Gasteiger charge is 2.19. The zero-order valence-corrected chi connectivity index (χ0v) is 14.3. The first-order valence-corrected chi connectivity index (χ1v) is 8.15. The molecule has 8 nitrogen and oxygen atoms in total. The second-order valence-electron chi connectivity index (χ2n) is 5.54. The second kappa shape index (κ2) is 9.16. The molecule has 0 heterocycles. The van der Waals surface area contributed by atoms with Crippen LogP contribution < -0.4 is 10.6 Å². The third kappa shape index (κ3) is 5.30. The largest absolute Gasteiger partial charge is 0.322 e. The lowest BCUT2D eigenvalue weighted by atomic mass is 10.2. The molecule has 0 radical (unpaired) electrons. The van der Waals surface area contributed by atoms with Gasteiger partial charge in [-0.15, -0.1) is 0 Å². The molecule has 0 saturated heterocycles. The Morgan fingerprint density at radius 2 is 1.69 bits per heavy atom. The molecule has 2 rings (SSSR count). The summed E-state index contributed by atoms with van der Waals surface area (Å²) in [5, 5.41) is 16.2. The van der Waals surface area contributed by atoms with Crippen LogP contribution in [0.4, 0.5) is 21.9 Å². The molecular formula is C18H20N4O4. The molecule has 2 aromatic rings. The van der Waals surface area contributed by atoms with E-state index in [1.165, 1.54) is 23.1 Å². The van der Waals surface area contributed by atoms with Crippen LogP contribution in [0.15, 0.2) is 54.6 Å². The number of carbonyl (C=O) groups excluding carboxylic acids is 2. The highest BCUT2D eigenvalue weighted by Crippen LogP contribution is 2.23. The van der Waals surface area contributed by atoms with E-state index in [1.54, 1.807) is 30.3 Å². The van der Waals surface area contributed by atoms with Crippen LogP contribution in [0.5, 0.6) is 0 Å². The summed E-state index contributed by atoms with van der Waals surface area (Å²) in [6.07, 6.45) is 0.668. The molecule has 0 unspecified atom stereocenters. The number of rotatable bonds is 7. The minimum absolute atomic E-state index is 0.0995. The van der Waals surface area contributed by atoms with Crippen molar-refractivity contribution in [3.8, 4) is 0 Å². The number of hydrogen-bond donors (Lipinski definition) is 2. The van der Waals surface area contributed by atoms with Crippen molar-refractivity contribution in [2.75, 3.05) is 23.7 Å². The van der Waals surface area contributed by atoms with Crippen LogP contribution in [0.2, 0.25) is 0 Å². The number of hydrogen-bond acceptors (Lipinski definition) is 4. The van der Waals surface area contributed by atoms with E-state index >= 15 is 0 Å². The Morgan fingerprint density at radius 1 is 1.04 bits per heavy atom. The Bertz CT molecular complexity index is 780. The Morgan fingerprint density at radius 3 is 2.35 bits per heavy atom. The van der Waals surface area contributed by atoms with E-state index in [4.69, 9.17) is 0 Å². The summed E-state index contributed by atoms with van der Waals surface area (Å²) in [5.74, 6) is -0.504. The van der Waals surface area contributed by atoms with Gasteiger partial charge in [0.2, 0.25) is 5.91 Å². The molecule has 0 bridgehead atoms. The van der Waals surface area contributed by atoms with Crippen LogP contribution in [0.25, 0.3) is 0 Å². The van der Waals surface area contributed by atoms with E-state index in [0.29, 0.717) is 18.7 Å². The summed E-state index contributed by atoms with van der Waals surface area (Å²) in [5.41, 5.74) is 0.525. The van der Waals surface area contributed by atoms with Crippen molar-refractivity contribution in [1.29, 1.82) is 0 Å². The number of carbonyl (C=O) groups is 2. The monoisotopic (exact) mass is 356 g/mol. The van der Waals surface area contributed by atoms with E-state index < -0.39 is 16.9 Å². The van der Waals surface area contributed by atoms with Gasteiger partial charge in [0.1, 0.15) is 12.2 Å². The number of nitro groups is 1. The van der Waals surface area contributed by atoms with Crippen molar-refractivity contribution in [1.82, 2.24) is 4.90 Å². The Balaban J connectivity index is 2.04. The molecule has 0 aliphatic heterocycles. The lowest BCUT2D eigenvalue weighted by Gasteiger charge is -2.22. The number of urea groups is 1. The standard InChI is InChI=1S/C18H20N4O4/c1-2-12-21(18(24)19-14-8-4-3-5-9-14)13-17(23)20-15-10-6-7-11-16(15)22(25)26/h3-11H,2,12-13H2,1H3,(H,19,24)(H,20,23). The zero-order valence-electron chi connectivity index (χ0n) is 14.3. The van der Waals surface area contributed by atoms with Crippen LogP contribution in [-0.4, -0.2) is 34.9 Å². The number of nitrogens with one attached hydrogen (secondary N) is 2. The minimum atomic E-state index is -0.568. The number of nitrogens with zero attached hydrogens (tertiary/aromatic N) is 2. The number of benzene rings is 2. The van der Waals surface area contributed by atoms with Gasteiger partial charge in [-0.3, -0.25) is 14.9 Å². The van der Waals surface area contributed by atoms with E-state index in [9.17, 15) is 19.7 Å². The molecule has 8 heteroatoms. The molecule has 2 aromatic carbocycles. The fourth-order valence-corrected chi connectivity index (χ4v) is 2.35. The molecule has 0 saturated carbocycles. The van der Waals surface area contributed by atoms with Crippen LogP contribution in [0.1, 0.15) is 13.3 Å². The highest BCUT2D eigenvalue weighted by molar-refractivity contribution is 5.98. The summed E-state index contributed by atoms with van der Waals surface area (Å²) in [6, 6.07) is 14.4. The van der Waals surface area contributed by atoms with Gasteiger partial charge in [0.05, 0.1) is 4.92 Å². The van der Waals surface area contributed by atoms with E-state index in [-0.39, 0.29) is 17.9 Å². The van der Waals surface area contributed by atoms with Crippen LogP contribution >= 0.6 is 0 Å². The molecule has 136 valence electrons. The number of para-hydroxylation sites is 3. The average Bonchev–Trinajstić information content (AvgIpc) is 2.62. The van der Waals surface area contributed by atoms with E-state index in [1.807, 2.05) is 13.0 Å². The van der Waals surface area contributed by atoms with Crippen LogP contribution in [0.3, 0.4) is 0 Å². The molecule has 0 fully saturated rings. The fourth-order valence-electron chi connectivity index (χ4n) is 2.35. The maximum absolute atomic E-state index is 12.4. The van der Waals surface area contributed by atoms with Gasteiger partial charge in [-0.2, -0.15) is 0 Å². The van der Waals surface area contributed by atoms with Gasteiger partial charge < -0.3 is 15.5 Å². The van der Waals surface area contributed by atoms with Gasteiger partial charge in [0.25, 0.3) is 5.69 Å². The molecule has 26 heavy (non-hydrogen) atoms. The summed E-state index contributed by atoms with van der Waals surface area (Å²) in [6.45, 7) is 2.06. The first kappa shape index (κ1) is 18.9. The molecule has 0 aliphatic rings. The minimum Gasteiger partial charge on any atom is -0.319 e. The summed E-state index contributed by atoms with van der Waals surface area (Å²) >= 11 is 0. The summed E-state index contributed by atoms with van der Waals surface area (Å²) in [4.78, 5) is 36.5. The van der Waals surface area contributed by atoms with E-state index in [2.05, 4.69) is 10.6 Å². The summed E-state index contributed by atoms with van der Waals surface area (Å²) in [7, 11) is 0. The third-order valence-corrected chi connectivity index (χ3v) is 3.52. The van der Waals surface area contributed by atoms with Crippen LogP contribution in [0, 0.1) is 10.1 Å². The topological polar surface area (TPSA) is 105 Å². The molecule has 0 spiro atoms. The second-order valence-corrected chi connectivity index (χ2v) is 5.54. The molecule has 2 N–H and O–H groups in total. The number of anilines is 2. The highest BCUT2D eigenvalue weighted by atomic mass is 16.6. The van der Waals surface area contributed by atoms with Crippen molar-refractivity contribution in [3.05, 3.63) is 64.7 Å². The van der Waals surface area contributed by atoms with Gasteiger partial charge in [0.15, 0.2) is 0 Å². The molecule has 3 amide bonds. The van der Waals surface area contributed by atoms with Gasteiger partial charge in [-0.1, -0.05) is 37.3 Å². The van der Waals surface area contributed by atoms with Crippen molar-refractivity contribution < 1.29 is 14.5 Å². The van der Waals surface area contributed by atoms with Crippen molar-refractivity contribution in [3.63, 3.8) is 0 Å². The van der Waals surface area contributed by atoms with Crippen molar-refractivity contribution in [2.45, 2.75) is 13.3 Å². The fraction of sp³-hybridized carbons (Fsp3) is 0.222. The molecule has 0 atom stereocenters. The van der Waals surface area contributed by atoms with E-state index in [0.717, 1.165) is 0 Å². The molecular weight excluding hydrogens is 336 g/mol. The van der Waals surface area contributed by atoms with Gasteiger partial charge >= 0.3 is 6.03 Å². The predicted octanol–water partition coefficient (Wildman–Crippen LogP) is 3.48. The maximum atomic E-state index is 12.4. The maximum Gasteiger partial charge on any atom is 0.322 e. The quantitative estimate of drug-likeness (QED) is 0.585. The normalized spacial score (nSPS) is 10.0. The smallest absolute Gasteiger partial charge is 0.319 e. The Kier molecular flexibility index (Phi) is 6.67. The zero-order chi connectivity index (χ0) is 18.9. The van der Waals surface area contributed by atoms with Crippen molar-refractivity contribution in [2.24, 2.45) is 0 Å². The molecule has 0 aliphatic carbocycles. The van der Waals surface area contributed by atoms with Crippen molar-refractivity contribution >= 4 is 29.0 Å². The van der Waals surface area contributed by atoms with Gasteiger partial charge in [-0.05, 0) is 24.6 Å². The SMILES string of the molecule is CCCN(CC(=O)Nc1ccccc1[N+](=O)[O-])C(=O)Nc1ccccc1. The lowest BCUT2D eigenvalue weighted by Crippen LogP contribution is -2.41. The Hall–Kier alpha value is -3.42. The number of nitro benzene ring substituents is 1. The number of amides is 3. The summed E-state index contributed by atoms with van der Waals surface area (Å²) < 4.78 is 0. The Labute approximate surface area is 151 Å². The molecule has 0 aromatic heterocycles. The van der Waals surface area contributed by atoms with Gasteiger partial charge in [0, 0.05) is 18.3 Å².